The lowest BCUT2D eigenvalue weighted by Crippen LogP contribution is -2.60. The number of hydrogen-bond donors (Lipinski definition) is 1. The summed E-state index contributed by atoms with van der Waals surface area (Å²) in [6.45, 7) is 3.09. The largest absolute Gasteiger partial charge is 0.380 e. The van der Waals surface area contributed by atoms with E-state index in [0.29, 0.717) is 33.0 Å². The van der Waals surface area contributed by atoms with Crippen molar-refractivity contribution in [3.05, 3.63) is 44.2 Å². The van der Waals surface area contributed by atoms with E-state index in [1.54, 1.807) is 0 Å². The molecule has 0 saturated carbocycles. The Kier molecular flexibility index (Phi) is 4.77. The first-order valence-electron chi connectivity index (χ1n) is 9.49. The summed E-state index contributed by atoms with van der Waals surface area (Å²) in [7, 11) is 1.52. The minimum absolute atomic E-state index is 0.00603. The molecule has 1 aromatic rings. The van der Waals surface area contributed by atoms with Gasteiger partial charge in [-0.05, 0) is 25.7 Å². The molecule has 2 saturated heterocycles. The molecule has 4 rings (SSSR count). The third kappa shape index (κ3) is 3.06. The highest BCUT2D eigenvalue weighted by molar-refractivity contribution is 5.94. The number of aryl methyl sites for hydroxylation is 1. The Labute approximate surface area is 156 Å². The molecular weight excluding hydrogens is 350 g/mol. The van der Waals surface area contributed by atoms with Crippen LogP contribution in [0.2, 0.25) is 0 Å². The second-order valence-corrected chi connectivity index (χ2v) is 7.58. The quantitative estimate of drug-likeness (QED) is 0.757. The molecule has 8 heteroatoms. The molecule has 3 aliphatic rings. The van der Waals surface area contributed by atoms with Gasteiger partial charge in [-0.1, -0.05) is 11.6 Å². The molecule has 2 fully saturated rings. The van der Waals surface area contributed by atoms with Crippen LogP contribution >= 0.6 is 0 Å². The zero-order valence-corrected chi connectivity index (χ0v) is 15.5. The zero-order valence-electron chi connectivity index (χ0n) is 15.5. The fourth-order valence-electron chi connectivity index (χ4n) is 4.80. The number of ether oxygens (including phenoxy) is 2. The minimum atomic E-state index is -0.628. The molecule has 3 aliphatic heterocycles. The van der Waals surface area contributed by atoms with Crippen molar-refractivity contribution in [1.29, 1.82) is 0 Å². The number of fused-ring (bicyclic) bond motifs is 1. The van der Waals surface area contributed by atoms with E-state index < -0.39 is 11.2 Å². The van der Waals surface area contributed by atoms with Crippen molar-refractivity contribution in [2.75, 3.05) is 33.0 Å². The Morgan fingerprint density at radius 2 is 2.15 bits per heavy atom. The number of rotatable bonds is 2. The average Bonchev–Trinajstić information content (AvgIpc) is 2.70. The van der Waals surface area contributed by atoms with Gasteiger partial charge in [0, 0.05) is 37.9 Å². The summed E-state index contributed by atoms with van der Waals surface area (Å²) >= 11 is 0. The van der Waals surface area contributed by atoms with Crippen LogP contribution in [0.15, 0.2) is 27.4 Å². The van der Waals surface area contributed by atoms with E-state index in [9.17, 15) is 14.4 Å². The fraction of sp³-hybridized carbons (Fsp3) is 0.632. The molecule has 1 aromatic heterocycles. The summed E-state index contributed by atoms with van der Waals surface area (Å²) in [4.78, 5) is 41.2. The fourth-order valence-corrected chi connectivity index (χ4v) is 4.80. The summed E-state index contributed by atoms with van der Waals surface area (Å²) < 4.78 is 12.6. The van der Waals surface area contributed by atoms with Crippen molar-refractivity contribution in [3.8, 4) is 0 Å². The Hall–Kier alpha value is -2.19. The number of H-pyrrole nitrogens is 1. The highest BCUT2D eigenvalue weighted by Gasteiger charge is 2.50. The number of carbonyl (C=O) groups is 1. The third-order valence-corrected chi connectivity index (χ3v) is 6.13. The van der Waals surface area contributed by atoms with E-state index in [2.05, 4.69) is 11.1 Å². The van der Waals surface area contributed by atoms with Crippen LogP contribution in [0, 0.1) is 5.41 Å². The molecule has 27 heavy (non-hydrogen) atoms. The van der Waals surface area contributed by atoms with Gasteiger partial charge in [-0.15, -0.1) is 0 Å². The minimum Gasteiger partial charge on any atom is -0.380 e. The van der Waals surface area contributed by atoms with Gasteiger partial charge in [0.05, 0.1) is 19.8 Å². The van der Waals surface area contributed by atoms with Crippen molar-refractivity contribution in [2.24, 2.45) is 12.5 Å². The van der Waals surface area contributed by atoms with Crippen molar-refractivity contribution in [2.45, 2.75) is 31.7 Å². The summed E-state index contributed by atoms with van der Waals surface area (Å²) in [5, 5.41) is 0. The van der Waals surface area contributed by atoms with Crippen LogP contribution in [0.1, 0.15) is 36.0 Å². The van der Waals surface area contributed by atoms with Gasteiger partial charge in [-0.2, -0.15) is 0 Å². The smallest absolute Gasteiger partial charge is 0.328 e. The number of hydrogen-bond acceptors (Lipinski definition) is 5. The van der Waals surface area contributed by atoms with Gasteiger partial charge in [0.1, 0.15) is 5.56 Å². The second kappa shape index (κ2) is 7.09. The number of amides is 1. The SMILES string of the molecule is Cn1cc(C(=O)N2CCC[C@@]3(C4=CCOCC4)COCC[C@H]23)c(=O)[nH]c1=O. The van der Waals surface area contributed by atoms with E-state index in [-0.39, 0.29) is 22.9 Å². The van der Waals surface area contributed by atoms with Crippen molar-refractivity contribution >= 4 is 5.91 Å². The van der Waals surface area contributed by atoms with Gasteiger partial charge in [-0.3, -0.25) is 14.6 Å². The summed E-state index contributed by atoms with van der Waals surface area (Å²) in [6, 6.07) is -0.00603. The van der Waals surface area contributed by atoms with Gasteiger partial charge >= 0.3 is 5.69 Å². The van der Waals surface area contributed by atoms with Gasteiger partial charge in [0.2, 0.25) is 0 Å². The van der Waals surface area contributed by atoms with E-state index in [0.717, 1.165) is 25.7 Å². The second-order valence-electron chi connectivity index (χ2n) is 7.58. The lowest BCUT2D eigenvalue weighted by molar-refractivity contribution is -0.0739. The van der Waals surface area contributed by atoms with Crippen molar-refractivity contribution in [1.82, 2.24) is 14.5 Å². The van der Waals surface area contributed by atoms with Crippen LogP contribution in [0.3, 0.4) is 0 Å². The van der Waals surface area contributed by atoms with Gasteiger partial charge in [0.25, 0.3) is 11.5 Å². The third-order valence-electron chi connectivity index (χ3n) is 6.13. The molecule has 4 heterocycles. The highest BCUT2D eigenvalue weighted by Crippen LogP contribution is 2.48. The van der Waals surface area contributed by atoms with E-state index >= 15 is 0 Å². The predicted molar refractivity (Wildman–Crippen MR) is 97.8 cm³/mol. The van der Waals surface area contributed by atoms with Crippen LogP contribution in [-0.2, 0) is 16.5 Å². The maximum atomic E-state index is 13.3. The van der Waals surface area contributed by atoms with Crippen LogP contribution in [-0.4, -0.2) is 59.4 Å². The Morgan fingerprint density at radius 3 is 2.93 bits per heavy atom. The Bertz CT molecular complexity index is 882. The summed E-state index contributed by atoms with van der Waals surface area (Å²) in [6.07, 6.45) is 6.89. The lowest BCUT2D eigenvalue weighted by Gasteiger charge is -2.54. The number of piperidine rings is 1. The number of nitrogens with zero attached hydrogens (tertiary/aromatic N) is 2. The molecule has 0 radical (unpaired) electrons. The number of aromatic nitrogens is 2. The van der Waals surface area contributed by atoms with E-state index in [4.69, 9.17) is 9.47 Å². The molecule has 0 unspecified atom stereocenters. The molecular formula is C19H25N3O5. The number of nitrogens with one attached hydrogen (secondary N) is 1. The highest BCUT2D eigenvalue weighted by atomic mass is 16.5. The first kappa shape index (κ1) is 18.2. The van der Waals surface area contributed by atoms with Crippen molar-refractivity contribution < 1.29 is 14.3 Å². The van der Waals surface area contributed by atoms with Gasteiger partial charge < -0.3 is 18.9 Å². The van der Waals surface area contributed by atoms with Crippen LogP contribution in [0.5, 0.6) is 0 Å². The lowest BCUT2D eigenvalue weighted by atomic mass is 9.65. The average molecular weight is 375 g/mol. The molecule has 0 spiro atoms. The summed E-state index contributed by atoms with van der Waals surface area (Å²) in [5.74, 6) is -0.310. The topological polar surface area (TPSA) is 93.6 Å². The molecule has 8 nitrogen and oxygen atoms in total. The monoisotopic (exact) mass is 375 g/mol. The molecule has 0 aromatic carbocycles. The zero-order chi connectivity index (χ0) is 19.0. The van der Waals surface area contributed by atoms with E-state index in [1.807, 2.05) is 4.90 Å². The first-order chi connectivity index (χ1) is 13.0. The maximum Gasteiger partial charge on any atom is 0.328 e. The molecule has 1 N–H and O–H groups in total. The predicted octanol–water partition coefficient (Wildman–Crippen LogP) is 0.432. The molecule has 0 bridgehead atoms. The van der Waals surface area contributed by atoms with Crippen LogP contribution in [0.25, 0.3) is 0 Å². The number of aromatic amines is 1. The Morgan fingerprint density at radius 1 is 1.30 bits per heavy atom. The van der Waals surface area contributed by atoms with E-state index in [1.165, 1.54) is 23.4 Å². The number of likely N-dealkylation sites (tertiary alicyclic amines) is 1. The number of carbonyl (C=O) groups excluding carboxylic acids is 1. The maximum absolute atomic E-state index is 13.3. The van der Waals surface area contributed by atoms with Gasteiger partial charge in [-0.25, -0.2) is 4.79 Å². The molecule has 0 aliphatic carbocycles. The van der Waals surface area contributed by atoms with Crippen LogP contribution < -0.4 is 11.2 Å². The standard InChI is InChI=1S/C19H25N3O5/c1-21-11-14(16(23)20-18(21)25)17(24)22-7-2-6-19(12-27-10-5-15(19)22)13-3-8-26-9-4-13/h3,11,15H,2,4-10,12H2,1H3,(H,20,23,25)/t15-,19-/m0/s1. The first-order valence-corrected chi connectivity index (χ1v) is 9.49. The van der Waals surface area contributed by atoms with Gasteiger partial charge in [0.15, 0.2) is 0 Å². The molecule has 1 amide bonds. The molecule has 2 atom stereocenters. The Balaban J connectivity index is 1.72. The summed E-state index contributed by atoms with van der Waals surface area (Å²) in [5.41, 5.74) is -0.0335. The normalized spacial score (nSPS) is 28.4. The van der Waals surface area contributed by atoms with Crippen LogP contribution in [0.4, 0.5) is 0 Å². The molecule has 146 valence electrons. The van der Waals surface area contributed by atoms with Crippen molar-refractivity contribution in [3.63, 3.8) is 0 Å².